The van der Waals surface area contributed by atoms with Crippen molar-refractivity contribution in [3.05, 3.63) is 93.1 Å². The fraction of sp³-hybridized carbons (Fsp3) is 0.280. The zero-order valence-corrected chi connectivity index (χ0v) is 21.1. The fourth-order valence-electron chi connectivity index (χ4n) is 3.96. The topological polar surface area (TPSA) is 106 Å². The monoisotopic (exact) mass is 535 g/mol. The molecule has 4 rings (SSSR count). The lowest BCUT2D eigenvalue weighted by Gasteiger charge is -2.32. The lowest BCUT2D eigenvalue weighted by molar-refractivity contribution is 0.0660. The maximum Gasteiger partial charge on any atom is 0.263 e. The summed E-state index contributed by atoms with van der Waals surface area (Å²) in [5.74, 6) is 0.798. The number of likely N-dealkylation sites (N-methyl/N-ethyl adjacent to an activating group) is 1. The number of benzene rings is 1. The van der Waals surface area contributed by atoms with Crippen molar-refractivity contribution in [2.75, 3.05) is 20.1 Å². The van der Waals surface area contributed by atoms with Crippen molar-refractivity contribution >= 4 is 32.9 Å². The van der Waals surface area contributed by atoms with E-state index in [1.54, 1.807) is 58.4 Å². The molecule has 0 spiro atoms. The van der Waals surface area contributed by atoms with E-state index in [4.69, 9.17) is 4.98 Å². The van der Waals surface area contributed by atoms with Crippen LogP contribution >= 0.6 is 15.9 Å². The minimum absolute atomic E-state index is 0.135. The molecular weight excluding hydrogens is 510 g/mol. The molecule has 180 valence electrons. The molecular formula is C25H26BrN7O2. The second-order valence-electron chi connectivity index (χ2n) is 7.93. The van der Waals surface area contributed by atoms with Crippen LogP contribution in [0.15, 0.2) is 70.3 Å². The van der Waals surface area contributed by atoms with Crippen LogP contribution in [0.3, 0.4) is 0 Å². The van der Waals surface area contributed by atoms with Crippen molar-refractivity contribution in [1.29, 1.82) is 0 Å². The van der Waals surface area contributed by atoms with Gasteiger partial charge in [-0.3, -0.25) is 14.2 Å². The molecule has 9 nitrogen and oxygen atoms in total. The van der Waals surface area contributed by atoms with Crippen LogP contribution in [0.2, 0.25) is 0 Å². The normalized spacial score (nSPS) is 12.0. The second-order valence-corrected chi connectivity index (χ2v) is 8.85. The number of pyridine rings is 1. The van der Waals surface area contributed by atoms with Crippen LogP contribution in [0.1, 0.15) is 41.4 Å². The zero-order valence-electron chi connectivity index (χ0n) is 19.6. The molecule has 0 bridgehead atoms. The number of aromatic nitrogens is 5. The Labute approximate surface area is 211 Å². The summed E-state index contributed by atoms with van der Waals surface area (Å²) in [4.78, 5) is 46.8. The molecule has 0 aliphatic carbocycles. The Morgan fingerprint density at radius 2 is 1.80 bits per heavy atom. The Bertz CT molecular complexity index is 1360. The number of nitrogens with one attached hydrogen (secondary N) is 1. The lowest BCUT2D eigenvalue weighted by atomic mass is 10.1. The molecule has 0 radical (unpaired) electrons. The maximum absolute atomic E-state index is 13.7. The van der Waals surface area contributed by atoms with Gasteiger partial charge in [-0.2, -0.15) is 0 Å². The van der Waals surface area contributed by atoms with Crippen molar-refractivity contribution < 1.29 is 4.79 Å². The highest BCUT2D eigenvalue weighted by Gasteiger charge is 2.29. The first kappa shape index (κ1) is 24.6. The maximum atomic E-state index is 13.7. The van der Waals surface area contributed by atoms with E-state index in [-0.39, 0.29) is 18.0 Å². The molecule has 0 saturated heterocycles. The molecule has 1 N–H and O–H groups in total. The molecule has 0 aliphatic rings. The molecule has 0 aliphatic heterocycles. The van der Waals surface area contributed by atoms with E-state index in [1.807, 2.05) is 26.1 Å². The van der Waals surface area contributed by atoms with E-state index >= 15 is 0 Å². The van der Waals surface area contributed by atoms with Crippen molar-refractivity contribution in [2.45, 2.75) is 25.9 Å². The Morgan fingerprint density at radius 3 is 2.49 bits per heavy atom. The van der Waals surface area contributed by atoms with Crippen LogP contribution in [0.25, 0.3) is 11.0 Å². The Morgan fingerprint density at radius 1 is 1.09 bits per heavy atom. The van der Waals surface area contributed by atoms with E-state index in [9.17, 15) is 9.59 Å². The first-order valence-electron chi connectivity index (χ1n) is 11.4. The molecule has 0 fully saturated rings. The van der Waals surface area contributed by atoms with E-state index in [0.29, 0.717) is 47.8 Å². The predicted octanol–water partition coefficient (Wildman–Crippen LogP) is 3.21. The van der Waals surface area contributed by atoms with Gasteiger partial charge in [0.1, 0.15) is 11.6 Å². The minimum Gasteiger partial charge on any atom is -0.327 e. The average Bonchev–Trinajstić information content (AvgIpc) is 2.89. The standard InChI is InChI=1S/C25H26BrN7O2/c1-3-20(32(15-14-27-2)24(34)17-7-9-18(26)10-8-17)23-31-22-19(6-4-11-30-22)25(35)33(23)16-21-28-12-5-13-29-21/h4-13,20,27H,3,14-16H2,1-2H3. The minimum atomic E-state index is -0.470. The number of nitrogens with zero attached hydrogens (tertiary/aromatic N) is 6. The summed E-state index contributed by atoms with van der Waals surface area (Å²) in [6.07, 6.45) is 5.43. The van der Waals surface area contributed by atoms with Gasteiger partial charge in [-0.1, -0.05) is 22.9 Å². The highest BCUT2D eigenvalue weighted by atomic mass is 79.9. The molecule has 1 unspecified atom stereocenters. The molecule has 3 aromatic heterocycles. The number of carbonyl (C=O) groups excluding carboxylic acids is 1. The lowest BCUT2D eigenvalue weighted by Crippen LogP contribution is -2.42. The molecule has 10 heteroatoms. The summed E-state index contributed by atoms with van der Waals surface area (Å²) in [5.41, 5.74) is 0.663. The van der Waals surface area contributed by atoms with Gasteiger partial charge in [0.15, 0.2) is 5.65 Å². The van der Waals surface area contributed by atoms with Gasteiger partial charge < -0.3 is 10.2 Å². The summed E-state index contributed by atoms with van der Waals surface area (Å²) >= 11 is 3.42. The Kier molecular flexibility index (Phi) is 7.94. The van der Waals surface area contributed by atoms with Crippen LogP contribution in [0, 0.1) is 0 Å². The van der Waals surface area contributed by atoms with Gasteiger partial charge in [0.05, 0.1) is 18.0 Å². The fourth-order valence-corrected chi connectivity index (χ4v) is 4.23. The summed E-state index contributed by atoms with van der Waals surface area (Å²) in [7, 11) is 1.84. The molecule has 3 heterocycles. The van der Waals surface area contributed by atoms with E-state index < -0.39 is 6.04 Å². The molecule has 1 atom stereocenters. The number of fused-ring (bicyclic) bond motifs is 1. The van der Waals surface area contributed by atoms with Gasteiger partial charge >= 0.3 is 0 Å². The molecule has 35 heavy (non-hydrogen) atoms. The molecule has 0 saturated carbocycles. The summed E-state index contributed by atoms with van der Waals surface area (Å²) in [5, 5.41) is 3.52. The summed E-state index contributed by atoms with van der Waals surface area (Å²) in [6, 6.07) is 11.9. The smallest absolute Gasteiger partial charge is 0.263 e. The molecule has 1 amide bonds. The van der Waals surface area contributed by atoms with Crippen LogP contribution in [-0.4, -0.2) is 55.4 Å². The van der Waals surface area contributed by atoms with Crippen LogP contribution in [0.4, 0.5) is 0 Å². The molecule has 4 aromatic rings. The first-order chi connectivity index (χ1) is 17.0. The van der Waals surface area contributed by atoms with E-state index in [1.165, 1.54) is 0 Å². The van der Waals surface area contributed by atoms with Crippen LogP contribution < -0.4 is 10.9 Å². The number of hydrogen-bond donors (Lipinski definition) is 1. The van der Waals surface area contributed by atoms with Gasteiger partial charge in [-0.15, -0.1) is 0 Å². The van der Waals surface area contributed by atoms with Gasteiger partial charge in [0.25, 0.3) is 11.5 Å². The number of halogens is 1. The van der Waals surface area contributed by atoms with E-state index in [2.05, 4.69) is 36.2 Å². The highest BCUT2D eigenvalue weighted by molar-refractivity contribution is 9.10. The quantitative estimate of drug-likeness (QED) is 0.350. The number of amides is 1. The average molecular weight is 536 g/mol. The third kappa shape index (κ3) is 5.44. The van der Waals surface area contributed by atoms with Gasteiger partial charge in [-0.05, 0) is 55.9 Å². The first-order valence-corrected chi connectivity index (χ1v) is 12.1. The zero-order chi connectivity index (χ0) is 24.8. The SMILES string of the molecule is CCC(c1nc2ncccc2c(=O)n1Cc1ncccn1)N(CCNC)C(=O)c1ccc(Br)cc1. The Hall–Kier alpha value is -3.50. The molecule has 1 aromatic carbocycles. The summed E-state index contributed by atoms with van der Waals surface area (Å²) < 4.78 is 2.45. The summed E-state index contributed by atoms with van der Waals surface area (Å²) in [6.45, 7) is 3.12. The van der Waals surface area contributed by atoms with Crippen molar-refractivity contribution in [3.63, 3.8) is 0 Å². The predicted molar refractivity (Wildman–Crippen MR) is 137 cm³/mol. The third-order valence-electron chi connectivity index (χ3n) is 5.69. The third-order valence-corrected chi connectivity index (χ3v) is 6.22. The van der Waals surface area contributed by atoms with Crippen LogP contribution in [-0.2, 0) is 6.54 Å². The van der Waals surface area contributed by atoms with Gasteiger partial charge in [0, 0.05) is 41.7 Å². The van der Waals surface area contributed by atoms with Crippen LogP contribution in [0.5, 0.6) is 0 Å². The number of rotatable bonds is 9. The second kappa shape index (κ2) is 11.3. The van der Waals surface area contributed by atoms with E-state index in [0.717, 1.165) is 4.47 Å². The van der Waals surface area contributed by atoms with Crippen molar-refractivity contribution in [1.82, 2.24) is 34.7 Å². The number of hydrogen-bond acceptors (Lipinski definition) is 7. The van der Waals surface area contributed by atoms with Crippen molar-refractivity contribution in [3.8, 4) is 0 Å². The largest absolute Gasteiger partial charge is 0.327 e. The highest BCUT2D eigenvalue weighted by Crippen LogP contribution is 2.26. The number of carbonyl (C=O) groups is 1. The van der Waals surface area contributed by atoms with Crippen molar-refractivity contribution in [2.24, 2.45) is 0 Å². The van der Waals surface area contributed by atoms with Gasteiger partial charge in [0.2, 0.25) is 0 Å². The Balaban J connectivity index is 1.86. The van der Waals surface area contributed by atoms with Gasteiger partial charge in [-0.25, -0.2) is 19.9 Å².